The largest absolute Gasteiger partial charge is 0.442 e. The number of carbonyl (C=O) groups excluding carboxylic acids is 1. The summed E-state index contributed by atoms with van der Waals surface area (Å²) in [7, 11) is 0. The minimum atomic E-state index is -5.16. The fraction of sp³-hybridized carbons (Fsp3) is 0.467. The topological polar surface area (TPSA) is 62.1 Å². The summed E-state index contributed by atoms with van der Waals surface area (Å²) in [6.07, 6.45) is -7.57. The van der Waals surface area contributed by atoms with Crippen molar-refractivity contribution in [2.24, 2.45) is 5.10 Å². The van der Waals surface area contributed by atoms with Crippen molar-refractivity contribution in [3.8, 4) is 0 Å². The fourth-order valence-corrected chi connectivity index (χ4v) is 2.07. The monoisotopic (exact) mass is 348 g/mol. The van der Waals surface area contributed by atoms with E-state index in [1.807, 2.05) is 0 Å². The number of alkyl halides is 3. The molecule has 1 atom stereocenters. The van der Waals surface area contributed by atoms with Gasteiger partial charge in [-0.25, -0.2) is 9.18 Å². The van der Waals surface area contributed by atoms with Crippen LogP contribution in [0.3, 0.4) is 0 Å². The van der Waals surface area contributed by atoms with Gasteiger partial charge in [0.25, 0.3) is 5.72 Å². The zero-order valence-electron chi connectivity index (χ0n) is 13.2. The van der Waals surface area contributed by atoms with Gasteiger partial charge in [-0.05, 0) is 38.5 Å². The van der Waals surface area contributed by atoms with E-state index in [-0.39, 0.29) is 16.3 Å². The third kappa shape index (κ3) is 3.50. The highest BCUT2D eigenvalue weighted by Crippen LogP contribution is 2.41. The van der Waals surface area contributed by atoms with E-state index in [0.717, 1.165) is 12.1 Å². The molecule has 1 N–H and O–H groups in total. The maximum atomic E-state index is 13.3. The van der Waals surface area contributed by atoms with Crippen LogP contribution in [0.2, 0.25) is 0 Å². The van der Waals surface area contributed by atoms with Crippen LogP contribution in [-0.2, 0) is 4.74 Å². The normalized spacial score (nSPS) is 21.7. The van der Waals surface area contributed by atoms with Gasteiger partial charge in [-0.3, -0.25) is 0 Å². The number of halogens is 4. The summed E-state index contributed by atoms with van der Waals surface area (Å²) in [6, 6.07) is 4.51. The maximum Gasteiger partial charge on any atom is 0.439 e. The first kappa shape index (κ1) is 18.2. The molecule has 0 radical (unpaired) electrons. The van der Waals surface area contributed by atoms with Crippen LogP contribution < -0.4 is 0 Å². The predicted molar refractivity (Wildman–Crippen MR) is 76.6 cm³/mol. The van der Waals surface area contributed by atoms with E-state index < -0.39 is 35.8 Å². The van der Waals surface area contributed by atoms with Crippen molar-refractivity contribution >= 4 is 11.8 Å². The van der Waals surface area contributed by atoms with Crippen LogP contribution in [0.5, 0.6) is 0 Å². The molecule has 1 unspecified atom stereocenters. The average Bonchev–Trinajstić information content (AvgIpc) is 2.76. The van der Waals surface area contributed by atoms with Gasteiger partial charge in [0.1, 0.15) is 11.4 Å². The van der Waals surface area contributed by atoms with Gasteiger partial charge in [-0.15, -0.1) is 0 Å². The molecule has 1 aliphatic rings. The van der Waals surface area contributed by atoms with Gasteiger partial charge in [0.05, 0.1) is 12.1 Å². The highest BCUT2D eigenvalue weighted by atomic mass is 19.4. The van der Waals surface area contributed by atoms with E-state index in [1.165, 1.54) is 32.9 Å². The third-order valence-electron chi connectivity index (χ3n) is 3.18. The van der Waals surface area contributed by atoms with Gasteiger partial charge in [0, 0.05) is 0 Å². The second-order valence-corrected chi connectivity index (χ2v) is 6.34. The van der Waals surface area contributed by atoms with Crippen LogP contribution >= 0.6 is 0 Å². The SMILES string of the molecule is CC(C)(C)OC(=O)N1N=C(c2ccc(F)cc2)CC1(O)C(F)(F)F. The quantitative estimate of drug-likeness (QED) is 0.791. The van der Waals surface area contributed by atoms with E-state index in [2.05, 4.69) is 5.10 Å². The molecule has 0 bridgehead atoms. The summed E-state index contributed by atoms with van der Waals surface area (Å²) >= 11 is 0. The Morgan fingerprint density at radius 1 is 1.25 bits per heavy atom. The first-order valence-electron chi connectivity index (χ1n) is 6.99. The minimum Gasteiger partial charge on any atom is -0.442 e. The maximum absolute atomic E-state index is 13.3. The molecule has 24 heavy (non-hydrogen) atoms. The number of nitrogens with zero attached hydrogens (tertiary/aromatic N) is 2. The zero-order valence-corrected chi connectivity index (χ0v) is 13.2. The molecule has 2 rings (SSSR count). The lowest BCUT2D eigenvalue weighted by molar-refractivity contribution is -0.300. The first-order chi connectivity index (χ1) is 10.8. The van der Waals surface area contributed by atoms with Gasteiger partial charge < -0.3 is 9.84 Å². The molecule has 0 fully saturated rings. The van der Waals surface area contributed by atoms with Crippen LogP contribution in [0.4, 0.5) is 22.4 Å². The van der Waals surface area contributed by atoms with Crippen LogP contribution in [-0.4, -0.2) is 39.4 Å². The highest BCUT2D eigenvalue weighted by Gasteiger charge is 2.64. The Hall–Kier alpha value is -2.16. The zero-order chi connectivity index (χ0) is 18.3. The predicted octanol–water partition coefficient (Wildman–Crippen LogP) is 3.42. The second kappa shape index (κ2) is 5.73. The van der Waals surface area contributed by atoms with Gasteiger partial charge in [0.2, 0.25) is 0 Å². The van der Waals surface area contributed by atoms with E-state index >= 15 is 0 Å². The molecular formula is C15H16F4N2O3. The standard InChI is InChI=1S/C15H16F4N2O3/c1-13(2,3)24-12(22)21-14(23,15(17,18)19)8-11(20-21)9-4-6-10(16)7-5-9/h4-7,23H,8H2,1-3H3. The van der Waals surface area contributed by atoms with Crippen LogP contribution in [0, 0.1) is 5.82 Å². The molecule has 132 valence electrons. The van der Waals surface area contributed by atoms with Crippen molar-refractivity contribution in [1.29, 1.82) is 0 Å². The number of ether oxygens (including phenoxy) is 1. The molecule has 0 aromatic heterocycles. The lowest BCUT2D eigenvalue weighted by Gasteiger charge is -2.33. The second-order valence-electron chi connectivity index (χ2n) is 6.34. The van der Waals surface area contributed by atoms with Crippen molar-refractivity contribution < 1.29 is 32.2 Å². The highest BCUT2D eigenvalue weighted by molar-refractivity contribution is 6.03. The number of amides is 1. The first-order valence-corrected chi connectivity index (χ1v) is 6.99. The van der Waals surface area contributed by atoms with E-state index in [0.29, 0.717) is 0 Å². The number of benzene rings is 1. The molecule has 0 saturated heterocycles. The van der Waals surface area contributed by atoms with Gasteiger partial charge in [-0.2, -0.15) is 23.3 Å². The molecule has 9 heteroatoms. The Morgan fingerprint density at radius 2 is 1.79 bits per heavy atom. The number of hydrogen-bond acceptors (Lipinski definition) is 4. The molecule has 1 heterocycles. The van der Waals surface area contributed by atoms with Gasteiger partial charge in [0.15, 0.2) is 0 Å². The third-order valence-corrected chi connectivity index (χ3v) is 3.18. The average molecular weight is 348 g/mol. The van der Waals surface area contributed by atoms with Crippen molar-refractivity contribution in [3.63, 3.8) is 0 Å². The van der Waals surface area contributed by atoms with E-state index in [4.69, 9.17) is 4.74 Å². The Morgan fingerprint density at radius 3 is 2.25 bits per heavy atom. The van der Waals surface area contributed by atoms with Crippen LogP contribution in [0.1, 0.15) is 32.8 Å². The summed E-state index contributed by atoms with van der Waals surface area (Å²) in [6.45, 7) is 4.41. The van der Waals surface area contributed by atoms with E-state index in [9.17, 15) is 27.5 Å². The summed E-state index contributed by atoms with van der Waals surface area (Å²) < 4.78 is 57.8. The van der Waals surface area contributed by atoms with Gasteiger partial charge in [-0.1, -0.05) is 12.1 Å². The summed E-state index contributed by atoms with van der Waals surface area (Å²) in [5, 5.41) is 13.5. The molecular weight excluding hydrogens is 332 g/mol. The number of hydrogen-bond donors (Lipinski definition) is 1. The molecule has 0 aliphatic carbocycles. The van der Waals surface area contributed by atoms with E-state index in [1.54, 1.807) is 0 Å². The van der Waals surface area contributed by atoms with Crippen molar-refractivity contribution in [3.05, 3.63) is 35.6 Å². The van der Waals surface area contributed by atoms with Crippen molar-refractivity contribution in [2.75, 3.05) is 0 Å². The molecule has 1 amide bonds. The van der Waals surface area contributed by atoms with Crippen LogP contribution in [0.15, 0.2) is 29.4 Å². The molecule has 0 saturated carbocycles. The van der Waals surface area contributed by atoms with Gasteiger partial charge >= 0.3 is 12.3 Å². The summed E-state index contributed by atoms with van der Waals surface area (Å²) in [5.74, 6) is -0.576. The number of hydrazone groups is 1. The summed E-state index contributed by atoms with van der Waals surface area (Å²) in [5.41, 5.74) is -4.65. The van der Waals surface area contributed by atoms with Crippen LogP contribution in [0.25, 0.3) is 0 Å². The molecule has 1 aromatic rings. The smallest absolute Gasteiger partial charge is 0.439 e. The molecule has 1 aromatic carbocycles. The Kier molecular flexibility index (Phi) is 4.34. The Balaban J connectivity index is 2.41. The Bertz CT molecular complexity index is 665. The fourth-order valence-electron chi connectivity index (χ4n) is 2.07. The number of rotatable bonds is 1. The summed E-state index contributed by atoms with van der Waals surface area (Å²) in [4.78, 5) is 12.0. The molecule has 0 spiro atoms. The number of aliphatic hydroxyl groups is 1. The van der Waals surface area contributed by atoms with Crippen molar-refractivity contribution in [1.82, 2.24) is 5.01 Å². The Labute approximate surface area is 135 Å². The minimum absolute atomic E-state index is 0.114. The molecule has 5 nitrogen and oxygen atoms in total. The van der Waals surface area contributed by atoms with Crippen molar-refractivity contribution in [2.45, 2.75) is 44.7 Å². The lowest BCUT2D eigenvalue weighted by atomic mass is 10.0. The molecule has 1 aliphatic heterocycles. The lowest BCUT2D eigenvalue weighted by Crippen LogP contribution is -2.57. The number of carbonyl (C=O) groups is 1.